The topological polar surface area (TPSA) is 101 Å². The lowest BCUT2D eigenvalue weighted by atomic mass is 10.2. The fourth-order valence-corrected chi connectivity index (χ4v) is 4.53. The second kappa shape index (κ2) is 8.93. The Morgan fingerprint density at radius 2 is 2.00 bits per heavy atom. The van der Waals surface area contributed by atoms with Gasteiger partial charge < -0.3 is 19.5 Å². The highest BCUT2D eigenvalue weighted by Gasteiger charge is 2.27. The average Bonchev–Trinajstić information content (AvgIpc) is 3.22. The first kappa shape index (κ1) is 21.1. The third-order valence-electron chi connectivity index (χ3n) is 5.53. The molecule has 0 aliphatic carbocycles. The number of amides is 1. The van der Waals surface area contributed by atoms with Crippen LogP contribution in [0.2, 0.25) is 0 Å². The molecule has 1 aromatic carbocycles. The van der Waals surface area contributed by atoms with E-state index in [9.17, 15) is 14.4 Å². The monoisotopic (exact) mass is 443 g/mol. The van der Waals surface area contributed by atoms with Gasteiger partial charge in [-0.05, 0) is 30.1 Å². The number of rotatable bonds is 6. The minimum absolute atomic E-state index is 0.152. The number of hydrogen-bond acceptors (Lipinski definition) is 7. The maximum Gasteiger partial charge on any atom is 0.328 e. The third kappa shape index (κ3) is 4.07. The molecule has 1 fully saturated rings. The van der Waals surface area contributed by atoms with Gasteiger partial charge in [0, 0.05) is 44.5 Å². The van der Waals surface area contributed by atoms with Crippen molar-refractivity contribution in [3.8, 4) is 5.75 Å². The molecule has 0 unspecified atom stereocenters. The minimum Gasteiger partial charge on any atom is -0.497 e. The molecule has 0 radical (unpaired) electrons. The number of nitrogens with one attached hydrogen (secondary N) is 1. The summed E-state index contributed by atoms with van der Waals surface area (Å²) in [5.74, 6) is 0.583. The average molecular weight is 444 g/mol. The molecule has 10 heteroatoms. The second-order valence-corrected chi connectivity index (χ2v) is 8.23. The van der Waals surface area contributed by atoms with E-state index < -0.39 is 11.2 Å². The maximum absolute atomic E-state index is 13.1. The van der Waals surface area contributed by atoms with Crippen molar-refractivity contribution in [3.05, 3.63) is 50.0 Å². The van der Waals surface area contributed by atoms with Crippen LogP contribution >= 0.6 is 11.5 Å². The fraction of sp³-hybridized carbons (Fsp3) is 0.429. The summed E-state index contributed by atoms with van der Waals surface area (Å²) in [6.07, 6.45) is 1.59. The molecule has 0 bridgehead atoms. The lowest BCUT2D eigenvalue weighted by Crippen LogP contribution is -2.48. The molecule has 0 saturated carbocycles. The number of benzene rings is 1. The number of aromatic nitrogens is 3. The molecule has 2 aromatic heterocycles. The molecule has 1 aliphatic rings. The van der Waals surface area contributed by atoms with E-state index in [2.05, 4.69) is 14.3 Å². The van der Waals surface area contributed by atoms with Crippen LogP contribution in [-0.4, -0.2) is 58.0 Å². The number of carbonyl (C=O) groups excluding carboxylic acids is 1. The predicted molar refractivity (Wildman–Crippen MR) is 121 cm³/mol. The number of methoxy groups -OCH3 is 1. The van der Waals surface area contributed by atoms with Gasteiger partial charge in [-0.2, -0.15) is 4.37 Å². The van der Waals surface area contributed by atoms with Gasteiger partial charge in [0.05, 0.1) is 12.6 Å². The Morgan fingerprint density at radius 3 is 2.71 bits per heavy atom. The summed E-state index contributed by atoms with van der Waals surface area (Å²) in [6, 6.07) is 7.83. The molecule has 4 rings (SSSR count). The van der Waals surface area contributed by atoms with Gasteiger partial charge in [0.25, 0.3) is 11.5 Å². The van der Waals surface area contributed by atoms with Crippen LogP contribution in [0.15, 0.2) is 33.9 Å². The summed E-state index contributed by atoms with van der Waals surface area (Å²) in [5, 5.41) is 0. The molecule has 1 N–H and O–H groups in total. The van der Waals surface area contributed by atoms with Crippen LogP contribution in [0.25, 0.3) is 11.0 Å². The highest BCUT2D eigenvalue weighted by Crippen LogP contribution is 2.24. The van der Waals surface area contributed by atoms with Crippen molar-refractivity contribution in [2.45, 2.75) is 26.3 Å². The van der Waals surface area contributed by atoms with Crippen LogP contribution in [0.1, 0.15) is 29.4 Å². The number of fused-ring (bicyclic) bond motifs is 1. The zero-order valence-corrected chi connectivity index (χ0v) is 18.4. The van der Waals surface area contributed by atoms with Crippen molar-refractivity contribution >= 4 is 34.2 Å². The standard InChI is InChI=1S/C21H25N5O4S/c1-3-4-8-26-19(27)17-16(22-21(26)29)18(31-23-17)20(28)25-11-9-24(10-12-25)14-6-5-7-15(13-14)30-2/h5-7,13H,3-4,8-12H2,1-2H3,(H,22,29). The van der Waals surface area contributed by atoms with Gasteiger partial charge >= 0.3 is 5.69 Å². The van der Waals surface area contributed by atoms with E-state index in [-0.39, 0.29) is 16.9 Å². The highest BCUT2D eigenvalue weighted by molar-refractivity contribution is 7.09. The quantitative estimate of drug-likeness (QED) is 0.625. The van der Waals surface area contributed by atoms with Crippen LogP contribution in [-0.2, 0) is 6.54 Å². The van der Waals surface area contributed by atoms with Gasteiger partial charge in [0.15, 0.2) is 5.52 Å². The lowest BCUT2D eigenvalue weighted by molar-refractivity contribution is 0.0753. The smallest absolute Gasteiger partial charge is 0.328 e. The second-order valence-electron chi connectivity index (χ2n) is 7.46. The van der Waals surface area contributed by atoms with Crippen LogP contribution in [0.3, 0.4) is 0 Å². The van der Waals surface area contributed by atoms with E-state index in [1.165, 1.54) is 0 Å². The number of piperazine rings is 1. The third-order valence-corrected chi connectivity index (χ3v) is 6.37. The molecule has 164 valence electrons. The Hall–Kier alpha value is -3.14. The first-order valence-electron chi connectivity index (χ1n) is 10.3. The van der Waals surface area contributed by atoms with Crippen LogP contribution in [0.4, 0.5) is 5.69 Å². The van der Waals surface area contributed by atoms with Gasteiger partial charge in [0.2, 0.25) is 0 Å². The Labute approximate surface area is 183 Å². The summed E-state index contributed by atoms with van der Waals surface area (Å²) in [4.78, 5) is 45.1. The molecular weight excluding hydrogens is 418 g/mol. The molecule has 0 spiro atoms. The van der Waals surface area contributed by atoms with E-state index in [0.717, 1.165) is 40.4 Å². The zero-order chi connectivity index (χ0) is 22.0. The highest BCUT2D eigenvalue weighted by atomic mass is 32.1. The summed E-state index contributed by atoms with van der Waals surface area (Å²) in [7, 11) is 1.64. The number of aromatic amines is 1. The van der Waals surface area contributed by atoms with Gasteiger partial charge in [-0.1, -0.05) is 19.4 Å². The summed E-state index contributed by atoms with van der Waals surface area (Å²) in [6.45, 7) is 4.76. The Balaban J connectivity index is 1.53. The Morgan fingerprint density at radius 1 is 1.23 bits per heavy atom. The van der Waals surface area contributed by atoms with Crippen LogP contribution in [0.5, 0.6) is 5.75 Å². The van der Waals surface area contributed by atoms with Gasteiger partial charge in [-0.25, -0.2) is 4.79 Å². The number of unbranched alkanes of at least 4 members (excludes halogenated alkanes) is 1. The van der Waals surface area contributed by atoms with E-state index in [1.807, 2.05) is 31.2 Å². The number of ether oxygens (including phenoxy) is 1. The molecule has 3 heterocycles. The molecule has 9 nitrogen and oxygen atoms in total. The van der Waals surface area contributed by atoms with Gasteiger partial charge in [-0.15, -0.1) is 0 Å². The Kier molecular flexibility index (Phi) is 6.08. The summed E-state index contributed by atoms with van der Waals surface area (Å²) < 4.78 is 10.6. The van der Waals surface area contributed by atoms with E-state index in [0.29, 0.717) is 37.6 Å². The van der Waals surface area contributed by atoms with Gasteiger partial charge in [0.1, 0.15) is 10.6 Å². The molecule has 1 amide bonds. The number of hydrogen-bond donors (Lipinski definition) is 1. The largest absolute Gasteiger partial charge is 0.497 e. The van der Waals surface area contributed by atoms with Crippen molar-refractivity contribution in [2.24, 2.45) is 0 Å². The van der Waals surface area contributed by atoms with Crippen molar-refractivity contribution in [1.82, 2.24) is 18.8 Å². The molecule has 31 heavy (non-hydrogen) atoms. The zero-order valence-electron chi connectivity index (χ0n) is 17.6. The van der Waals surface area contributed by atoms with Crippen LogP contribution in [0, 0.1) is 0 Å². The van der Waals surface area contributed by atoms with Crippen molar-refractivity contribution in [3.63, 3.8) is 0 Å². The normalized spacial score (nSPS) is 14.3. The van der Waals surface area contributed by atoms with E-state index in [1.54, 1.807) is 12.0 Å². The summed E-state index contributed by atoms with van der Waals surface area (Å²) >= 11 is 0.967. The van der Waals surface area contributed by atoms with Crippen molar-refractivity contribution in [2.75, 3.05) is 38.2 Å². The molecular formula is C21H25N5O4S. The van der Waals surface area contributed by atoms with Gasteiger partial charge in [-0.3, -0.25) is 14.2 Å². The molecule has 3 aromatic rings. The molecule has 0 atom stereocenters. The molecule has 1 aliphatic heterocycles. The number of anilines is 1. The number of H-pyrrole nitrogens is 1. The lowest BCUT2D eigenvalue weighted by Gasteiger charge is -2.36. The predicted octanol–water partition coefficient (Wildman–Crippen LogP) is 1.92. The van der Waals surface area contributed by atoms with E-state index >= 15 is 0 Å². The maximum atomic E-state index is 13.1. The molecule has 1 saturated heterocycles. The van der Waals surface area contributed by atoms with E-state index in [4.69, 9.17) is 4.74 Å². The number of nitrogens with zero attached hydrogens (tertiary/aromatic N) is 4. The number of carbonyl (C=O) groups is 1. The van der Waals surface area contributed by atoms with Crippen LogP contribution < -0.4 is 20.9 Å². The SMILES string of the molecule is CCCCn1c(=O)[nH]c2c(C(=O)N3CCN(c4cccc(OC)c4)CC3)snc2c1=O. The first-order valence-corrected chi connectivity index (χ1v) is 11.1. The summed E-state index contributed by atoms with van der Waals surface area (Å²) in [5.41, 5.74) is 0.507. The van der Waals surface area contributed by atoms with Crippen molar-refractivity contribution in [1.29, 1.82) is 0 Å². The fourth-order valence-electron chi connectivity index (χ4n) is 3.73. The first-order chi connectivity index (χ1) is 15.0. The van der Waals surface area contributed by atoms with Crippen molar-refractivity contribution < 1.29 is 9.53 Å². The Bertz CT molecular complexity index is 1210. The minimum atomic E-state index is -0.497.